The molecule has 0 spiro atoms. The van der Waals surface area contributed by atoms with E-state index in [9.17, 15) is 12.8 Å². The van der Waals surface area contributed by atoms with Crippen LogP contribution in [0.15, 0.2) is 39.7 Å². The molecule has 2 aromatic rings. The Morgan fingerprint density at radius 2 is 1.71 bits per heavy atom. The minimum absolute atomic E-state index is 0.00341. The molecule has 21 heavy (non-hydrogen) atoms. The maximum Gasteiger partial charge on any atom is 0.264 e. The Kier molecular flexibility index (Phi) is 4.25. The second kappa shape index (κ2) is 5.65. The summed E-state index contributed by atoms with van der Waals surface area (Å²) < 4.78 is 41.4. The molecule has 0 aliphatic rings. The highest BCUT2D eigenvalue weighted by molar-refractivity contribution is 9.10. The number of nitrogen functional groups attached to an aromatic ring is 1. The molecule has 0 amide bonds. The molecule has 0 fully saturated rings. The van der Waals surface area contributed by atoms with Gasteiger partial charge in [-0.25, -0.2) is 12.8 Å². The Labute approximate surface area is 131 Å². The maximum absolute atomic E-state index is 13.3. The Morgan fingerprint density at radius 1 is 1.14 bits per heavy atom. The van der Waals surface area contributed by atoms with E-state index in [0.717, 1.165) is 27.7 Å². The molecule has 0 heterocycles. The van der Waals surface area contributed by atoms with Gasteiger partial charge in [0.05, 0.1) is 11.4 Å². The molecule has 0 aromatic heterocycles. The fraction of sp³-hybridized carbons (Fsp3) is 0.143. The summed E-state index contributed by atoms with van der Waals surface area (Å²) in [5, 5.41) is 0. The van der Waals surface area contributed by atoms with Crippen LogP contribution in [0.5, 0.6) is 0 Å². The van der Waals surface area contributed by atoms with Crippen molar-refractivity contribution < 1.29 is 12.8 Å². The molecule has 0 atom stereocenters. The zero-order valence-corrected chi connectivity index (χ0v) is 13.8. The molecule has 0 saturated heterocycles. The standard InChI is InChI=1S/C14H14BrFN2O2S/c1-8-5-10(15)6-9(2)14(8)18-21(19,20)13-7-11(16)3-4-12(13)17/h3-7,18H,17H2,1-2H3. The molecule has 0 saturated carbocycles. The van der Waals surface area contributed by atoms with Gasteiger partial charge in [0.1, 0.15) is 10.7 Å². The first-order valence-corrected chi connectivity index (χ1v) is 8.33. The molecule has 0 radical (unpaired) electrons. The SMILES string of the molecule is Cc1cc(Br)cc(C)c1NS(=O)(=O)c1cc(F)ccc1N. The zero-order valence-electron chi connectivity index (χ0n) is 11.4. The van der Waals surface area contributed by atoms with Crippen LogP contribution in [0.4, 0.5) is 15.8 Å². The number of hydrogen-bond acceptors (Lipinski definition) is 3. The van der Waals surface area contributed by atoms with Crippen LogP contribution in [0, 0.1) is 19.7 Å². The fourth-order valence-electron chi connectivity index (χ4n) is 2.00. The Morgan fingerprint density at radius 3 is 2.29 bits per heavy atom. The number of halogens is 2. The van der Waals surface area contributed by atoms with Crippen molar-refractivity contribution in [3.05, 3.63) is 51.7 Å². The average Bonchev–Trinajstić information content (AvgIpc) is 2.36. The minimum atomic E-state index is -3.95. The Hall–Kier alpha value is -1.60. The number of anilines is 2. The van der Waals surface area contributed by atoms with Crippen LogP contribution in [0.3, 0.4) is 0 Å². The third-order valence-electron chi connectivity index (χ3n) is 3.00. The largest absolute Gasteiger partial charge is 0.398 e. The van der Waals surface area contributed by atoms with E-state index in [-0.39, 0.29) is 10.6 Å². The van der Waals surface area contributed by atoms with E-state index >= 15 is 0 Å². The lowest BCUT2D eigenvalue weighted by Gasteiger charge is -2.15. The molecule has 2 aromatic carbocycles. The predicted octanol–water partition coefficient (Wildman–Crippen LogP) is 3.59. The van der Waals surface area contributed by atoms with E-state index in [1.165, 1.54) is 6.07 Å². The average molecular weight is 373 g/mol. The van der Waals surface area contributed by atoms with E-state index in [4.69, 9.17) is 5.73 Å². The summed E-state index contributed by atoms with van der Waals surface area (Å²) in [6, 6.07) is 6.83. The van der Waals surface area contributed by atoms with Crippen molar-refractivity contribution in [1.82, 2.24) is 0 Å². The summed E-state index contributed by atoms with van der Waals surface area (Å²) in [5.74, 6) is -0.658. The number of sulfonamides is 1. The van der Waals surface area contributed by atoms with Crippen molar-refractivity contribution >= 4 is 37.3 Å². The third-order valence-corrected chi connectivity index (χ3v) is 4.86. The van der Waals surface area contributed by atoms with Crippen LogP contribution < -0.4 is 10.5 Å². The second-order valence-corrected chi connectivity index (χ2v) is 7.27. The summed E-state index contributed by atoms with van der Waals surface area (Å²) in [5.41, 5.74) is 7.59. The number of aryl methyl sites for hydroxylation is 2. The van der Waals surface area contributed by atoms with E-state index in [1.54, 1.807) is 26.0 Å². The summed E-state index contributed by atoms with van der Waals surface area (Å²) >= 11 is 3.35. The zero-order chi connectivity index (χ0) is 15.8. The molecule has 2 rings (SSSR count). The van der Waals surface area contributed by atoms with E-state index < -0.39 is 15.8 Å². The van der Waals surface area contributed by atoms with Crippen LogP contribution in [-0.2, 0) is 10.0 Å². The Balaban J connectivity index is 2.50. The molecular formula is C14H14BrFN2O2S. The lowest BCUT2D eigenvalue weighted by molar-refractivity contribution is 0.596. The molecule has 4 nitrogen and oxygen atoms in total. The van der Waals surface area contributed by atoms with Gasteiger partial charge in [-0.15, -0.1) is 0 Å². The normalized spacial score (nSPS) is 11.4. The van der Waals surface area contributed by atoms with Gasteiger partial charge in [-0.3, -0.25) is 4.72 Å². The van der Waals surface area contributed by atoms with E-state index in [1.807, 2.05) is 0 Å². The highest BCUT2D eigenvalue weighted by atomic mass is 79.9. The number of hydrogen-bond donors (Lipinski definition) is 2. The first kappa shape index (κ1) is 15.8. The molecule has 3 N–H and O–H groups in total. The van der Waals surface area contributed by atoms with Gasteiger partial charge in [-0.1, -0.05) is 15.9 Å². The number of nitrogens with one attached hydrogen (secondary N) is 1. The topological polar surface area (TPSA) is 72.2 Å². The molecular weight excluding hydrogens is 359 g/mol. The Bertz CT molecular complexity index is 784. The van der Waals surface area contributed by atoms with Crippen molar-refractivity contribution in [2.45, 2.75) is 18.7 Å². The molecule has 0 bridgehead atoms. The molecule has 0 aliphatic carbocycles. The van der Waals surface area contributed by atoms with Crippen LogP contribution in [-0.4, -0.2) is 8.42 Å². The quantitative estimate of drug-likeness (QED) is 0.808. The first-order chi connectivity index (χ1) is 9.70. The summed E-state index contributed by atoms with van der Waals surface area (Å²) in [6.07, 6.45) is 0. The number of benzene rings is 2. The lowest BCUT2D eigenvalue weighted by Crippen LogP contribution is -2.16. The van der Waals surface area contributed by atoms with Gasteiger partial charge in [0.15, 0.2) is 0 Å². The van der Waals surface area contributed by atoms with Crippen LogP contribution >= 0.6 is 15.9 Å². The van der Waals surface area contributed by atoms with Crippen molar-refractivity contribution in [2.24, 2.45) is 0 Å². The second-order valence-electron chi connectivity index (χ2n) is 4.70. The summed E-state index contributed by atoms with van der Waals surface area (Å²) in [6.45, 7) is 3.56. The number of rotatable bonds is 3. The minimum Gasteiger partial charge on any atom is -0.398 e. The highest BCUT2D eigenvalue weighted by Gasteiger charge is 2.20. The molecule has 7 heteroatoms. The van der Waals surface area contributed by atoms with Crippen LogP contribution in [0.2, 0.25) is 0 Å². The monoisotopic (exact) mass is 372 g/mol. The van der Waals surface area contributed by atoms with Gasteiger partial charge in [0, 0.05) is 4.47 Å². The van der Waals surface area contributed by atoms with Gasteiger partial charge >= 0.3 is 0 Å². The van der Waals surface area contributed by atoms with Crippen molar-refractivity contribution in [1.29, 1.82) is 0 Å². The molecule has 0 unspecified atom stereocenters. The van der Waals surface area contributed by atoms with E-state index in [0.29, 0.717) is 5.69 Å². The molecule has 112 valence electrons. The van der Waals surface area contributed by atoms with Gasteiger partial charge < -0.3 is 5.73 Å². The fourth-order valence-corrected chi connectivity index (χ4v) is 4.04. The van der Waals surface area contributed by atoms with Gasteiger partial charge in [-0.05, 0) is 55.3 Å². The first-order valence-electron chi connectivity index (χ1n) is 6.05. The van der Waals surface area contributed by atoms with Crippen molar-refractivity contribution in [3.63, 3.8) is 0 Å². The number of nitrogens with two attached hydrogens (primary N) is 1. The van der Waals surface area contributed by atoms with Crippen molar-refractivity contribution in [3.8, 4) is 0 Å². The maximum atomic E-state index is 13.3. The van der Waals surface area contributed by atoms with Crippen LogP contribution in [0.1, 0.15) is 11.1 Å². The summed E-state index contributed by atoms with van der Waals surface area (Å²) in [7, 11) is -3.95. The molecule has 0 aliphatic heterocycles. The lowest BCUT2D eigenvalue weighted by atomic mass is 10.1. The summed E-state index contributed by atoms with van der Waals surface area (Å²) in [4.78, 5) is -0.274. The van der Waals surface area contributed by atoms with Gasteiger partial charge in [0.25, 0.3) is 10.0 Å². The van der Waals surface area contributed by atoms with E-state index in [2.05, 4.69) is 20.7 Å². The highest BCUT2D eigenvalue weighted by Crippen LogP contribution is 2.29. The predicted molar refractivity (Wildman–Crippen MR) is 85.2 cm³/mol. The smallest absolute Gasteiger partial charge is 0.264 e. The van der Waals surface area contributed by atoms with Crippen LogP contribution in [0.25, 0.3) is 0 Å². The van der Waals surface area contributed by atoms with Gasteiger partial charge in [-0.2, -0.15) is 0 Å². The third kappa shape index (κ3) is 3.36. The van der Waals surface area contributed by atoms with Gasteiger partial charge in [0.2, 0.25) is 0 Å². The van der Waals surface area contributed by atoms with Crippen molar-refractivity contribution in [2.75, 3.05) is 10.5 Å².